The van der Waals surface area contributed by atoms with Crippen LogP contribution in [0.2, 0.25) is 0 Å². The topological polar surface area (TPSA) is 78.7 Å². The lowest BCUT2D eigenvalue weighted by molar-refractivity contribution is 0.102. The minimum absolute atomic E-state index is 0.220. The van der Waals surface area contributed by atoms with E-state index in [4.69, 9.17) is 10.2 Å². The monoisotopic (exact) mass is 422 g/mol. The molecule has 0 fully saturated rings. The second-order valence-corrected chi connectivity index (χ2v) is 9.03. The van der Waals surface area contributed by atoms with E-state index in [2.05, 4.69) is 16.4 Å². The average Bonchev–Trinajstić information content (AvgIpc) is 3.35. The van der Waals surface area contributed by atoms with E-state index in [1.165, 1.54) is 23.1 Å². The first-order valence-electron chi connectivity index (χ1n) is 8.38. The molecule has 138 valence electrons. The van der Waals surface area contributed by atoms with Gasteiger partial charge < -0.3 is 0 Å². The Bertz CT molecular complexity index is 1190. The maximum atomic E-state index is 13.1. The van der Waals surface area contributed by atoms with Crippen LogP contribution in [-0.4, -0.2) is 21.6 Å². The van der Waals surface area contributed by atoms with Crippen LogP contribution in [-0.2, 0) is 0 Å². The second kappa shape index (κ2) is 8.10. The third-order valence-corrected chi connectivity index (χ3v) is 7.17. The van der Waals surface area contributed by atoms with Crippen LogP contribution in [0.25, 0.3) is 21.5 Å². The van der Waals surface area contributed by atoms with Crippen molar-refractivity contribution in [3.05, 3.63) is 59.1 Å². The number of amides is 1. The molecule has 5 nitrogen and oxygen atoms in total. The number of fused-ring (bicyclic) bond motifs is 1. The summed E-state index contributed by atoms with van der Waals surface area (Å²) in [5.41, 5.74) is 2.94. The van der Waals surface area contributed by atoms with E-state index >= 15 is 0 Å². The van der Waals surface area contributed by atoms with Gasteiger partial charge in [0.05, 0.1) is 43.4 Å². The summed E-state index contributed by atoms with van der Waals surface area (Å²) in [6.07, 6.45) is 0. The van der Waals surface area contributed by atoms with Gasteiger partial charge in [-0.15, -0.1) is 11.3 Å². The number of nitrogens with one attached hydrogen (secondary N) is 1. The van der Waals surface area contributed by atoms with Crippen LogP contribution in [0.4, 0.5) is 5.13 Å². The van der Waals surface area contributed by atoms with Gasteiger partial charge in [0.1, 0.15) is 0 Å². The van der Waals surface area contributed by atoms with E-state index in [0.717, 1.165) is 31.4 Å². The molecule has 0 aliphatic carbocycles. The van der Waals surface area contributed by atoms with Gasteiger partial charge >= 0.3 is 0 Å². The fraction of sp³-hybridized carbons (Fsp3) is 0.100. The molecule has 4 rings (SSSR count). The van der Waals surface area contributed by atoms with Crippen molar-refractivity contribution in [3.63, 3.8) is 0 Å². The largest absolute Gasteiger partial charge is 0.298 e. The molecule has 3 aromatic heterocycles. The molecule has 1 aromatic carbocycles. The Kier molecular flexibility index (Phi) is 5.39. The van der Waals surface area contributed by atoms with Gasteiger partial charge in [-0.1, -0.05) is 47.4 Å². The van der Waals surface area contributed by atoms with Crippen LogP contribution in [0.15, 0.2) is 52.1 Å². The molecule has 4 aromatic rings. The smallest absolute Gasteiger partial charge is 0.258 e. The van der Waals surface area contributed by atoms with Crippen LogP contribution in [0, 0.1) is 18.3 Å². The Labute approximate surface area is 174 Å². The zero-order valence-electron chi connectivity index (χ0n) is 14.8. The quantitative estimate of drug-likeness (QED) is 0.424. The number of anilines is 1. The summed E-state index contributed by atoms with van der Waals surface area (Å²) in [4.78, 5) is 23.2. The first-order chi connectivity index (χ1) is 13.7. The fourth-order valence-electron chi connectivity index (χ4n) is 2.75. The molecule has 0 aliphatic heterocycles. The maximum Gasteiger partial charge on any atom is 0.258 e. The third kappa shape index (κ3) is 3.78. The van der Waals surface area contributed by atoms with Gasteiger partial charge in [0.15, 0.2) is 5.13 Å². The van der Waals surface area contributed by atoms with Gasteiger partial charge in [-0.3, -0.25) is 10.1 Å². The molecule has 0 aliphatic rings. The molecule has 1 N–H and O–H groups in total. The van der Waals surface area contributed by atoms with Gasteiger partial charge in [-0.05, 0) is 30.5 Å². The minimum Gasteiger partial charge on any atom is -0.298 e. The summed E-state index contributed by atoms with van der Waals surface area (Å²) in [5.74, 6) is 0.136. The molecule has 0 radical (unpaired) electrons. The van der Waals surface area contributed by atoms with E-state index in [9.17, 15) is 4.79 Å². The number of thiophene rings is 1. The summed E-state index contributed by atoms with van der Waals surface area (Å²) < 4.78 is 0.940. The molecular weight excluding hydrogens is 408 g/mol. The third-order valence-electron chi connectivity index (χ3n) is 3.98. The Morgan fingerprint density at radius 2 is 2.11 bits per heavy atom. The normalized spacial score (nSPS) is 10.7. The summed E-state index contributed by atoms with van der Waals surface area (Å²) >= 11 is 4.40. The Morgan fingerprint density at radius 3 is 2.89 bits per heavy atom. The predicted octanol–water partition coefficient (Wildman–Crippen LogP) is 5.60. The van der Waals surface area contributed by atoms with Crippen LogP contribution in [0.1, 0.15) is 16.1 Å². The molecule has 0 atom stereocenters. The molecular formula is C20H14N4OS3. The van der Waals surface area contributed by atoms with E-state index in [1.54, 1.807) is 11.3 Å². The maximum absolute atomic E-state index is 13.1. The fourth-order valence-corrected chi connectivity index (χ4v) is 5.23. The standard InChI is InChI=1S/C20H14N4OS3/c1-12-19(27-10-8-21)28-20(22-12)24-18(25)14-11-16(17-7-4-9-26-17)23-15-6-3-2-5-13(14)15/h2-7,9,11H,10H2,1H3,(H,22,24,25). The summed E-state index contributed by atoms with van der Waals surface area (Å²) in [6, 6.07) is 15.5. The van der Waals surface area contributed by atoms with Crippen LogP contribution in [0.3, 0.4) is 0 Å². The van der Waals surface area contributed by atoms with Crippen LogP contribution in [0.5, 0.6) is 0 Å². The van der Waals surface area contributed by atoms with E-state index in [-0.39, 0.29) is 5.91 Å². The number of aryl methyl sites for hydroxylation is 1. The van der Waals surface area contributed by atoms with E-state index < -0.39 is 0 Å². The Morgan fingerprint density at radius 1 is 1.25 bits per heavy atom. The SMILES string of the molecule is Cc1nc(NC(=O)c2cc(-c3cccs3)nc3ccccc23)sc1SCC#N. The Balaban J connectivity index is 1.70. The van der Waals surface area contributed by atoms with Crippen molar-refractivity contribution >= 4 is 56.4 Å². The minimum atomic E-state index is -0.220. The summed E-state index contributed by atoms with van der Waals surface area (Å²) in [6.45, 7) is 1.88. The lowest BCUT2D eigenvalue weighted by Gasteiger charge is -2.08. The molecule has 1 amide bonds. The predicted molar refractivity (Wildman–Crippen MR) is 116 cm³/mol. The molecule has 0 unspecified atom stereocenters. The molecule has 3 heterocycles. The van der Waals surface area contributed by atoms with Gasteiger partial charge in [0, 0.05) is 5.39 Å². The van der Waals surface area contributed by atoms with Crippen molar-refractivity contribution in [1.29, 1.82) is 5.26 Å². The summed E-state index contributed by atoms with van der Waals surface area (Å²) in [5, 5.41) is 15.0. The van der Waals surface area contributed by atoms with Gasteiger partial charge in [0.2, 0.25) is 0 Å². The van der Waals surface area contributed by atoms with Crippen molar-refractivity contribution in [2.24, 2.45) is 0 Å². The highest BCUT2D eigenvalue weighted by molar-refractivity contribution is 8.01. The number of benzene rings is 1. The molecule has 28 heavy (non-hydrogen) atoms. The highest BCUT2D eigenvalue weighted by atomic mass is 32.2. The Hall–Kier alpha value is -2.73. The van der Waals surface area contributed by atoms with Crippen LogP contribution >= 0.6 is 34.4 Å². The molecule has 8 heteroatoms. The number of para-hydroxylation sites is 1. The first-order valence-corrected chi connectivity index (χ1v) is 11.1. The number of hydrogen-bond acceptors (Lipinski definition) is 7. The van der Waals surface area contributed by atoms with Gasteiger partial charge in [0.25, 0.3) is 5.91 Å². The number of nitrogens with zero attached hydrogens (tertiary/aromatic N) is 3. The van der Waals surface area contributed by atoms with Crippen molar-refractivity contribution in [2.45, 2.75) is 11.1 Å². The number of pyridine rings is 1. The number of thioether (sulfide) groups is 1. The number of rotatable bonds is 5. The lowest BCUT2D eigenvalue weighted by Crippen LogP contribution is -2.13. The lowest BCUT2D eigenvalue weighted by atomic mass is 10.1. The molecule has 0 bridgehead atoms. The molecule has 0 spiro atoms. The van der Waals surface area contributed by atoms with E-state index in [0.29, 0.717) is 16.4 Å². The number of carbonyl (C=O) groups excluding carboxylic acids is 1. The van der Waals surface area contributed by atoms with Crippen molar-refractivity contribution in [2.75, 3.05) is 11.1 Å². The number of aromatic nitrogens is 2. The van der Waals surface area contributed by atoms with Gasteiger partial charge in [-0.25, -0.2) is 9.97 Å². The van der Waals surface area contributed by atoms with Crippen molar-refractivity contribution in [1.82, 2.24) is 9.97 Å². The molecule has 0 saturated carbocycles. The van der Waals surface area contributed by atoms with Crippen molar-refractivity contribution < 1.29 is 4.79 Å². The second-order valence-electron chi connectivity index (χ2n) is 5.84. The number of carbonyl (C=O) groups is 1. The highest BCUT2D eigenvalue weighted by Gasteiger charge is 2.17. The van der Waals surface area contributed by atoms with Crippen molar-refractivity contribution in [3.8, 4) is 16.6 Å². The first kappa shape index (κ1) is 18.6. The van der Waals surface area contributed by atoms with Gasteiger partial charge in [-0.2, -0.15) is 5.26 Å². The zero-order valence-corrected chi connectivity index (χ0v) is 17.3. The number of hydrogen-bond donors (Lipinski definition) is 1. The number of nitriles is 1. The highest BCUT2D eigenvalue weighted by Crippen LogP contribution is 2.33. The average molecular weight is 423 g/mol. The van der Waals surface area contributed by atoms with E-state index in [1.807, 2.05) is 54.8 Å². The molecule has 0 saturated heterocycles. The zero-order chi connectivity index (χ0) is 19.5. The van der Waals surface area contributed by atoms with Crippen LogP contribution < -0.4 is 5.32 Å². The number of thiazole rings is 1. The summed E-state index contributed by atoms with van der Waals surface area (Å²) in [7, 11) is 0.